The van der Waals surface area contributed by atoms with Gasteiger partial charge in [0, 0.05) is 12.1 Å². The number of hydrogen-bond donors (Lipinski definition) is 2. The summed E-state index contributed by atoms with van der Waals surface area (Å²) < 4.78 is 0.471. The van der Waals surface area contributed by atoms with Crippen molar-refractivity contribution in [1.29, 1.82) is 0 Å². The SMILES string of the molecule is O=C(O)c1ccc(CNC(=O)c2ccc(C3SCCCS3)cc2)cc1. The first-order chi connectivity index (χ1) is 12.1. The van der Waals surface area contributed by atoms with Crippen molar-refractivity contribution in [2.24, 2.45) is 0 Å². The van der Waals surface area contributed by atoms with E-state index in [1.54, 1.807) is 12.1 Å². The predicted octanol–water partition coefficient (Wildman–Crippen LogP) is 4.18. The van der Waals surface area contributed by atoms with Gasteiger partial charge in [-0.25, -0.2) is 4.79 Å². The van der Waals surface area contributed by atoms with Crippen LogP contribution in [-0.4, -0.2) is 28.5 Å². The lowest BCUT2D eigenvalue weighted by Gasteiger charge is -2.21. The molecule has 130 valence electrons. The summed E-state index contributed by atoms with van der Waals surface area (Å²) in [5, 5.41) is 11.8. The van der Waals surface area contributed by atoms with Crippen LogP contribution in [0.1, 0.15) is 42.8 Å². The second-order valence-corrected chi connectivity index (χ2v) is 8.46. The fourth-order valence-electron chi connectivity index (χ4n) is 2.52. The molecule has 0 aliphatic carbocycles. The van der Waals surface area contributed by atoms with Crippen LogP contribution in [0.5, 0.6) is 0 Å². The monoisotopic (exact) mass is 373 g/mol. The Morgan fingerprint density at radius 1 is 0.960 bits per heavy atom. The van der Waals surface area contributed by atoms with E-state index in [1.165, 1.54) is 35.6 Å². The van der Waals surface area contributed by atoms with Gasteiger partial charge in [0.1, 0.15) is 0 Å². The molecule has 0 radical (unpaired) electrons. The van der Waals surface area contributed by atoms with Gasteiger partial charge in [0.25, 0.3) is 5.91 Å². The molecule has 6 heteroatoms. The zero-order valence-corrected chi connectivity index (χ0v) is 15.2. The van der Waals surface area contributed by atoms with Gasteiger partial charge in [0.2, 0.25) is 0 Å². The third-order valence-electron chi connectivity index (χ3n) is 3.93. The number of carbonyl (C=O) groups excluding carboxylic acids is 1. The molecule has 2 aromatic rings. The lowest BCUT2D eigenvalue weighted by molar-refractivity contribution is 0.0696. The van der Waals surface area contributed by atoms with Gasteiger partial charge in [0.15, 0.2) is 0 Å². The highest BCUT2D eigenvalue weighted by molar-refractivity contribution is 8.16. The van der Waals surface area contributed by atoms with E-state index in [0.717, 1.165) is 5.56 Å². The average molecular weight is 373 g/mol. The lowest BCUT2D eigenvalue weighted by atomic mass is 10.1. The Kier molecular flexibility index (Phi) is 6.04. The van der Waals surface area contributed by atoms with E-state index in [2.05, 4.69) is 5.32 Å². The van der Waals surface area contributed by atoms with Gasteiger partial charge in [-0.15, -0.1) is 23.5 Å². The van der Waals surface area contributed by atoms with Gasteiger partial charge in [-0.1, -0.05) is 24.3 Å². The number of benzene rings is 2. The van der Waals surface area contributed by atoms with Gasteiger partial charge >= 0.3 is 5.97 Å². The van der Waals surface area contributed by atoms with Crippen LogP contribution in [0.4, 0.5) is 0 Å². The van der Waals surface area contributed by atoms with E-state index >= 15 is 0 Å². The first-order valence-electron chi connectivity index (χ1n) is 8.07. The number of rotatable bonds is 5. The summed E-state index contributed by atoms with van der Waals surface area (Å²) in [7, 11) is 0. The summed E-state index contributed by atoms with van der Waals surface area (Å²) in [5.74, 6) is 1.31. The molecule has 2 N–H and O–H groups in total. The zero-order valence-electron chi connectivity index (χ0n) is 13.6. The summed E-state index contributed by atoms with van der Waals surface area (Å²) in [6.45, 7) is 0.370. The molecule has 0 spiro atoms. The van der Waals surface area contributed by atoms with E-state index in [-0.39, 0.29) is 11.5 Å². The molecule has 1 heterocycles. The molecule has 1 fully saturated rings. The molecule has 0 unspecified atom stereocenters. The molecular formula is C19H19NO3S2. The Labute approximate surface area is 155 Å². The minimum Gasteiger partial charge on any atom is -0.478 e. The third-order valence-corrected chi connectivity index (χ3v) is 6.94. The number of hydrogen-bond acceptors (Lipinski definition) is 4. The molecule has 1 aliphatic rings. The fourth-order valence-corrected chi connectivity index (χ4v) is 5.42. The van der Waals surface area contributed by atoms with Crippen LogP contribution in [-0.2, 0) is 6.54 Å². The zero-order chi connectivity index (χ0) is 17.6. The second-order valence-electron chi connectivity index (χ2n) is 5.73. The number of carboxylic acid groups (broad SMARTS) is 1. The van der Waals surface area contributed by atoms with E-state index in [0.29, 0.717) is 16.7 Å². The number of amides is 1. The molecule has 25 heavy (non-hydrogen) atoms. The van der Waals surface area contributed by atoms with Crippen LogP contribution < -0.4 is 5.32 Å². The van der Waals surface area contributed by atoms with Gasteiger partial charge in [-0.2, -0.15) is 0 Å². The maximum Gasteiger partial charge on any atom is 0.335 e. The smallest absolute Gasteiger partial charge is 0.335 e. The summed E-state index contributed by atoms with van der Waals surface area (Å²) in [6.07, 6.45) is 1.26. The lowest BCUT2D eigenvalue weighted by Crippen LogP contribution is -2.22. The average Bonchev–Trinajstić information content (AvgIpc) is 2.67. The summed E-state index contributed by atoms with van der Waals surface area (Å²) >= 11 is 3.92. The molecule has 1 aliphatic heterocycles. The largest absolute Gasteiger partial charge is 0.478 e. The van der Waals surface area contributed by atoms with Crippen molar-refractivity contribution in [3.8, 4) is 0 Å². The van der Waals surface area contributed by atoms with Crippen LogP contribution >= 0.6 is 23.5 Å². The van der Waals surface area contributed by atoms with Crippen molar-refractivity contribution >= 4 is 35.4 Å². The number of thioether (sulfide) groups is 2. The third kappa shape index (κ3) is 4.80. The Balaban J connectivity index is 1.56. The van der Waals surface area contributed by atoms with Crippen molar-refractivity contribution in [2.75, 3.05) is 11.5 Å². The number of carboxylic acids is 1. The Hall–Kier alpha value is -1.92. The normalized spacial score (nSPS) is 14.9. The molecular weight excluding hydrogens is 354 g/mol. The molecule has 2 aromatic carbocycles. The van der Waals surface area contributed by atoms with E-state index < -0.39 is 5.97 Å². The topological polar surface area (TPSA) is 66.4 Å². The molecule has 1 amide bonds. The minimum absolute atomic E-state index is 0.127. The van der Waals surface area contributed by atoms with Crippen LogP contribution in [0, 0.1) is 0 Å². The van der Waals surface area contributed by atoms with Gasteiger partial charge in [0.05, 0.1) is 10.1 Å². The quantitative estimate of drug-likeness (QED) is 0.823. The highest BCUT2D eigenvalue weighted by Gasteiger charge is 2.16. The molecule has 0 aromatic heterocycles. The molecule has 3 rings (SSSR count). The Morgan fingerprint density at radius 2 is 1.56 bits per heavy atom. The second kappa shape index (κ2) is 8.45. The van der Waals surface area contributed by atoms with E-state index in [9.17, 15) is 9.59 Å². The maximum atomic E-state index is 12.3. The summed E-state index contributed by atoms with van der Waals surface area (Å²) in [6, 6.07) is 14.3. The van der Waals surface area contributed by atoms with Gasteiger partial charge in [-0.05, 0) is 53.3 Å². The van der Waals surface area contributed by atoms with Gasteiger partial charge < -0.3 is 10.4 Å². The Bertz CT molecular complexity index is 738. The molecule has 4 nitrogen and oxygen atoms in total. The molecule has 1 saturated heterocycles. The molecule has 0 saturated carbocycles. The number of nitrogens with one attached hydrogen (secondary N) is 1. The van der Waals surface area contributed by atoms with Crippen molar-refractivity contribution in [1.82, 2.24) is 5.32 Å². The molecule has 0 bridgehead atoms. The van der Waals surface area contributed by atoms with Crippen molar-refractivity contribution in [2.45, 2.75) is 17.5 Å². The first kappa shape index (κ1) is 17.9. The highest BCUT2D eigenvalue weighted by Crippen LogP contribution is 2.43. The first-order valence-corrected chi connectivity index (χ1v) is 10.2. The minimum atomic E-state index is -0.954. The number of aromatic carboxylic acids is 1. The maximum absolute atomic E-state index is 12.3. The van der Waals surface area contributed by atoms with Crippen LogP contribution in [0.2, 0.25) is 0 Å². The molecule has 0 atom stereocenters. The summed E-state index contributed by atoms with van der Waals surface area (Å²) in [5.41, 5.74) is 3.00. The fraction of sp³-hybridized carbons (Fsp3) is 0.263. The number of carbonyl (C=O) groups is 2. The van der Waals surface area contributed by atoms with E-state index in [1.807, 2.05) is 47.8 Å². The Morgan fingerprint density at radius 3 is 2.16 bits per heavy atom. The van der Waals surface area contributed by atoms with Crippen LogP contribution in [0.15, 0.2) is 48.5 Å². The van der Waals surface area contributed by atoms with Crippen molar-refractivity contribution in [3.63, 3.8) is 0 Å². The van der Waals surface area contributed by atoms with Crippen molar-refractivity contribution < 1.29 is 14.7 Å². The standard InChI is InChI=1S/C19H19NO3S2/c21-17(20-12-13-2-4-15(5-3-13)18(22)23)14-6-8-16(9-7-14)19-24-10-1-11-25-19/h2-9,19H,1,10-12H2,(H,20,21)(H,22,23). The van der Waals surface area contributed by atoms with Crippen molar-refractivity contribution in [3.05, 3.63) is 70.8 Å². The van der Waals surface area contributed by atoms with Crippen LogP contribution in [0.3, 0.4) is 0 Å². The van der Waals surface area contributed by atoms with Crippen LogP contribution in [0.25, 0.3) is 0 Å². The van der Waals surface area contributed by atoms with E-state index in [4.69, 9.17) is 5.11 Å². The van der Waals surface area contributed by atoms with Gasteiger partial charge in [-0.3, -0.25) is 4.79 Å². The predicted molar refractivity (Wildman–Crippen MR) is 103 cm³/mol. The highest BCUT2D eigenvalue weighted by atomic mass is 32.2. The summed E-state index contributed by atoms with van der Waals surface area (Å²) in [4.78, 5) is 23.1.